The highest BCUT2D eigenvalue weighted by Gasteiger charge is 2.20. The van der Waals surface area contributed by atoms with Crippen LogP contribution < -0.4 is 9.64 Å². The van der Waals surface area contributed by atoms with Gasteiger partial charge in [-0.3, -0.25) is 19.8 Å². The zero-order chi connectivity index (χ0) is 22.4. The Labute approximate surface area is 188 Å². The molecule has 0 saturated carbocycles. The number of carbonyl (C=O) groups is 1. The van der Waals surface area contributed by atoms with Gasteiger partial charge in [0.15, 0.2) is 5.13 Å². The van der Waals surface area contributed by atoms with Gasteiger partial charge in [-0.2, -0.15) is 0 Å². The van der Waals surface area contributed by atoms with E-state index >= 15 is 0 Å². The first-order valence-electron chi connectivity index (χ1n) is 9.86. The lowest BCUT2D eigenvalue weighted by atomic mass is 10.3. The van der Waals surface area contributed by atoms with Crippen molar-refractivity contribution in [3.8, 4) is 5.75 Å². The minimum atomic E-state index is -0.436. The Balaban J connectivity index is 1.89. The predicted molar refractivity (Wildman–Crippen MR) is 126 cm³/mol. The zero-order valence-corrected chi connectivity index (χ0v) is 19.2. The number of nitro groups is 1. The Morgan fingerprint density at radius 1 is 1.19 bits per heavy atom. The summed E-state index contributed by atoms with van der Waals surface area (Å²) >= 11 is 2.47. The van der Waals surface area contributed by atoms with Crippen LogP contribution in [0.5, 0.6) is 5.75 Å². The fourth-order valence-electron chi connectivity index (χ4n) is 3.05. The number of para-hydroxylation sites is 1. The molecule has 0 atom stereocenters. The fourth-order valence-corrected chi connectivity index (χ4v) is 4.79. The molecule has 10 heteroatoms. The van der Waals surface area contributed by atoms with Gasteiger partial charge in [0.05, 0.1) is 16.7 Å². The van der Waals surface area contributed by atoms with Crippen LogP contribution in [0.15, 0.2) is 36.4 Å². The van der Waals surface area contributed by atoms with E-state index in [1.807, 2.05) is 18.2 Å². The first-order chi connectivity index (χ1) is 15.0. The van der Waals surface area contributed by atoms with Gasteiger partial charge in [0, 0.05) is 30.1 Å². The number of amides is 1. The van der Waals surface area contributed by atoms with E-state index in [4.69, 9.17) is 4.74 Å². The van der Waals surface area contributed by atoms with Crippen molar-refractivity contribution in [3.63, 3.8) is 0 Å². The van der Waals surface area contributed by atoms with Crippen LogP contribution in [0.4, 0.5) is 10.1 Å². The molecular weight excluding hydrogens is 436 g/mol. The van der Waals surface area contributed by atoms with Gasteiger partial charge in [-0.25, -0.2) is 4.98 Å². The van der Waals surface area contributed by atoms with Crippen molar-refractivity contribution in [3.05, 3.63) is 51.4 Å². The van der Waals surface area contributed by atoms with Crippen molar-refractivity contribution in [2.75, 3.05) is 38.2 Å². The molecule has 3 aromatic rings. The number of benzene rings is 1. The molecule has 164 valence electrons. The number of hydrogen-bond acceptors (Lipinski definition) is 8. The molecular formula is C21H24N4O4S2. The highest BCUT2D eigenvalue weighted by Crippen LogP contribution is 2.34. The van der Waals surface area contributed by atoms with Crippen molar-refractivity contribution in [1.29, 1.82) is 0 Å². The van der Waals surface area contributed by atoms with E-state index in [0.717, 1.165) is 34.6 Å². The topological polar surface area (TPSA) is 88.8 Å². The number of anilines is 1. The Hall–Kier alpha value is -2.82. The van der Waals surface area contributed by atoms with E-state index in [9.17, 15) is 14.9 Å². The minimum absolute atomic E-state index is 0.0451. The molecule has 1 amide bonds. The molecule has 3 rings (SSSR count). The van der Waals surface area contributed by atoms with Crippen molar-refractivity contribution in [1.82, 2.24) is 9.88 Å². The van der Waals surface area contributed by atoms with Crippen LogP contribution in [0.2, 0.25) is 0 Å². The summed E-state index contributed by atoms with van der Waals surface area (Å²) in [5, 5.41) is 11.5. The molecule has 31 heavy (non-hydrogen) atoms. The number of methoxy groups -OCH3 is 1. The van der Waals surface area contributed by atoms with Crippen LogP contribution in [0.25, 0.3) is 16.3 Å². The number of hydrogen-bond donors (Lipinski definition) is 0. The number of thiazole rings is 1. The normalized spacial score (nSPS) is 11.5. The molecule has 0 fully saturated rings. The third-order valence-electron chi connectivity index (χ3n) is 4.80. The maximum absolute atomic E-state index is 13.1. The van der Waals surface area contributed by atoms with Crippen LogP contribution in [-0.4, -0.2) is 54.0 Å². The number of ether oxygens (including phenoxy) is 1. The highest BCUT2D eigenvalue weighted by atomic mass is 32.1. The average molecular weight is 461 g/mol. The van der Waals surface area contributed by atoms with Gasteiger partial charge in [-0.05, 0) is 37.4 Å². The van der Waals surface area contributed by atoms with E-state index in [0.29, 0.717) is 28.8 Å². The molecule has 2 heterocycles. The second kappa shape index (κ2) is 10.5. The molecule has 1 aromatic carbocycles. The average Bonchev–Trinajstić information content (AvgIpc) is 3.42. The van der Waals surface area contributed by atoms with E-state index in [-0.39, 0.29) is 10.9 Å². The second-order valence-corrected chi connectivity index (χ2v) is 8.69. The van der Waals surface area contributed by atoms with Crippen LogP contribution in [-0.2, 0) is 4.79 Å². The number of fused-ring (bicyclic) bond motifs is 1. The molecule has 0 saturated heterocycles. The van der Waals surface area contributed by atoms with Gasteiger partial charge in [-0.1, -0.05) is 42.6 Å². The molecule has 0 bridgehead atoms. The van der Waals surface area contributed by atoms with Crippen LogP contribution in [0.1, 0.15) is 18.7 Å². The van der Waals surface area contributed by atoms with Gasteiger partial charge < -0.3 is 9.64 Å². The quantitative estimate of drug-likeness (QED) is 0.248. The first-order valence-corrected chi connectivity index (χ1v) is 11.5. The molecule has 0 spiro atoms. The number of carbonyl (C=O) groups excluding carboxylic acids is 1. The maximum atomic E-state index is 13.1. The molecule has 0 unspecified atom stereocenters. The lowest BCUT2D eigenvalue weighted by molar-refractivity contribution is -0.380. The summed E-state index contributed by atoms with van der Waals surface area (Å²) in [4.78, 5) is 32.8. The lowest BCUT2D eigenvalue weighted by Gasteiger charge is -2.23. The van der Waals surface area contributed by atoms with Crippen LogP contribution >= 0.6 is 22.7 Å². The van der Waals surface area contributed by atoms with E-state index < -0.39 is 4.92 Å². The standard InChI is InChI=1S/C21H24N4O4S2/c1-4-23(5-2)13-14-24(18(26)11-9-15-10-12-19(30-15)25(27)28)21-22-20-16(29-3)7-6-8-17(20)31-21/h6-12H,4-5,13-14H2,1-3H3/b11-9+. The number of nitrogens with zero attached hydrogens (tertiary/aromatic N) is 4. The number of likely N-dealkylation sites (N-methyl/N-ethyl adjacent to an activating group) is 1. The summed E-state index contributed by atoms with van der Waals surface area (Å²) in [5.41, 5.74) is 0.725. The summed E-state index contributed by atoms with van der Waals surface area (Å²) in [6, 6.07) is 8.77. The van der Waals surface area contributed by atoms with Gasteiger partial charge >= 0.3 is 5.00 Å². The summed E-state index contributed by atoms with van der Waals surface area (Å²) < 4.78 is 6.34. The summed E-state index contributed by atoms with van der Waals surface area (Å²) in [6.45, 7) is 7.15. The van der Waals surface area contributed by atoms with Crippen LogP contribution in [0.3, 0.4) is 0 Å². The first kappa shape index (κ1) is 22.9. The van der Waals surface area contributed by atoms with Gasteiger partial charge in [0.25, 0.3) is 5.91 Å². The monoisotopic (exact) mass is 460 g/mol. The smallest absolute Gasteiger partial charge is 0.324 e. The molecule has 2 aromatic heterocycles. The molecule has 0 aliphatic rings. The predicted octanol–water partition coefficient (Wildman–Crippen LogP) is 4.66. The number of thiophene rings is 1. The second-order valence-electron chi connectivity index (χ2n) is 6.59. The lowest BCUT2D eigenvalue weighted by Crippen LogP contribution is -2.38. The van der Waals surface area contributed by atoms with Crippen molar-refractivity contribution < 1.29 is 14.5 Å². The summed E-state index contributed by atoms with van der Waals surface area (Å²) in [5.74, 6) is 0.443. The maximum Gasteiger partial charge on any atom is 0.324 e. The Bertz CT molecular complexity index is 1090. The van der Waals surface area contributed by atoms with Crippen molar-refractivity contribution in [2.24, 2.45) is 0 Å². The zero-order valence-electron chi connectivity index (χ0n) is 17.6. The van der Waals surface area contributed by atoms with Crippen molar-refractivity contribution >= 4 is 55.0 Å². The van der Waals surface area contributed by atoms with Gasteiger partial charge in [-0.15, -0.1) is 0 Å². The highest BCUT2D eigenvalue weighted by molar-refractivity contribution is 7.22. The molecule has 0 radical (unpaired) electrons. The fraction of sp³-hybridized carbons (Fsp3) is 0.333. The van der Waals surface area contributed by atoms with Gasteiger partial charge in [0.2, 0.25) is 0 Å². The molecule has 8 nitrogen and oxygen atoms in total. The Kier molecular flexibility index (Phi) is 7.72. The number of aromatic nitrogens is 1. The van der Waals surface area contributed by atoms with Gasteiger partial charge in [0.1, 0.15) is 11.3 Å². The van der Waals surface area contributed by atoms with Crippen molar-refractivity contribution in [2.45, 2.75) is 13.8 Å². The van der Waals surface area contributed by atoms with E-state index in [1.54, 1.807) is 24.2 Å². The summed E-state index contributed by atoms with van der Waals surface area (Å²) in [6.07, 6.45) is 3.05. The number of rotatable bonds is 10. The van der Waals surface area contributed by atoms with Crippen LogP contribution in [0, 0.1) is 10.1 Å². The molecule has 0 N–H and O–H groups in total. The Morgan fingerprint density at radius 2 is 1.97 bits per heavy atom. The molecule has 0 aliphatic heterocycles. The summed E-state index contributed by atoms with van der Waals surface area (Å²) in [7, 11) is 1.60. The third kappa shape index (κ3) is 5.46. The largest absolute Gasteiger partial charge is 0.494 e. The van der Waals surface area contributed by atoms with E-state index in [2.05, 4.69) is 23.7 Å². The SMILES string of the molecule is CCN(CC)CCN(C(=O)/C=C/c1ccc([N+](=O)[O-])s1)c1nc2c(OC)cccc2s1. The molecule has 0 aliphatic carbocycles. The Morgan fingerprint density at radius 3 is 2.61 bits per heavy atom. The van der Waals surface area contributed by atoms with E-state index in [1.165, 1.54) is 23.5 Å². The minimum Gasteiger partial charge on any atom is -0.494 e. The third-order valence-corrected chi connectivity index (χ3v) is 6.85.